The molecule has 0 saturated carbocycles. The summed E-state index contributed by atoms with van der Waals surface area (Å²) in [7, 11) is 0. The first-order valence-electron chi connectivity index (χ1n) is 6.72. The van der Waals surface area contributed by atoms with Gasteiger partial charge in [0.15, 0.2) is 0 Å². The van der Waals surface area contributed by atoms with Crippen LogP contribution in [0.1, 0.15) is 16.1 Å². The van der Waals surface area contributed by atoms with Gasteiger partial charge in [-0.1, -0.05) is 0 Å². The van der Waals surface area contributed by atoms with Crippen LogP contribution in [0.2, 0.25) is 0 Å². The van der Waals surface area contributed by atoms with Crippen LogP contribution in [0.5, 0.6) is 0 Å². The van der Waals surface area contributed by atoms with Gasteiger partial charge in [0.2, 0.25) is 0 Å². The van der Waals surface area contributed by atoms with Gasteiger partial charge >= 0.3 is 0 Å². The van der Waals surface area contributed by atoms with Crippen molar-refractivity contribution in [2.45, 2.75) is 6.54 Å². The number of carbonyl (C=O) groups is 1. The standard InChI is InChI=1S/C16H13N5O/c22-16(15-11-18-6-7-20-15)21-9-12-3-5-19-14(8-12)13-2-1-4-17-10-13/h1-8,10-11H,9H2,(H,21,22). The molecule has 6 nitrogen and oxygen atoms in total. The molecule has 0 saturated heterocycles. The number of hydrogen-bond donors (Lipinski definition) is 1. The van der Waals surface area contributed by atoms with Gasteiger partial charge in [-0.25, -0.2) is 4.98 Å². The van der Waals surface area contributed by atoms with Gasteiger partial charge in [0.05, 0.1) is 11.9 Å². The summed E-state index contributed by atoms with van der Waals surface area (Å²) in [5.41, 5.74) is 3.00. The SMILES string of the molecule is O=C(NCc1ccnc(-c2cccnc2)c1)c1cnccn1. The molecule has 3 aromatic rings. The molecular formula is C16H13N5O. The maximum Gasteiger partial charge on any atom is 0.271 e. The fourth-order valence-corrected chi connectivity index (χ4v) is 1.95. The van der Waals surface area contributed by atoms with Crippen molar-refractivity contribution < 1.29 is 4.79 Å². The van der Waals surface area contributed by atoms with Gasteiger partial charge in [-0.2, -0.15) is 0 Å². The number of rotatable bonds is 4. The second-order valence-corrected chi connectivity index (χ2v) is 4.56. The Morgan fingerprint density at radius 2 is 1.91 bits per heavy atom. The third kappa shape index (κ3) is 3.29. The molecule has 3 heterocycles. The van der Waals surface area contributed by atoms with Crippen LogP contribution in [0.3, 0.4) is 0 Å². The first-order chi connectivity index (χ1) is 10.8. The van der Waals surface area contributed by atoms with Crippen LogP contribution in [-0.4, -0.2) is 25.8 Å². The maximum absolute atomic E-state index is 11.9. The summed E-state index contributed by atoms with van der Waals surface area (Å²) >= 11 is 0. The number of nitrogens with one attached hydrogen (secondary N) is 1. The number of nitrogens with zero attached hydrogens (tertiary/aromatic N) is 4. The van der Waals surface area contributed by atoms with E-state index < -0.39 is 0 Å². The maximum atomic E-state index is 11.9. The molecule has 3 aromatic heterocycles. The molecule has 0 bridgehead atoms. The van der Waals surface area contributed by atoms with Crippen molar-refractivity contribution in [1.29, 1.82) is 0 Å². The molecule has 0 aromatic carbocycles. The summed E-state index contributed by atoms with van der Waals surface area (Å²) in [6, 6.07) is 7.58. The predicted octanol–water partition coefficient (Wildman–Crippen LogP) is 1.86. The zero-order valence-corrected chi connectivity index (χ0v) is 11.7. The third-order valence-corrected chi connectivity index (χ3v) is 3.03. The largest absolute Gasteiger partial charge is 0.347 e. The Morgan fingerprint density at radius 1 is 1.00 bits per heavy atom. The fraction of sp³-hybridized carbons (Fsp3) is 0.0625. The van der Waals surface area contributed by atoms with Gasteiger partial charge in [-0.05, 0) is 29.8 Å². The van der Waals surface area contributed by atoms with Crippen LogP contribution in [0.15, 0.2) is 61.4 Å². The normalized spacial score (nSPS) is 10.2. The van der Waals surface area contributed by atoms with E-state index in [1.165, 1.54) is 18.6 Å². The first-order valence-corrected chi connectivity index (χ1v) is 6.72. The lowest BCUT2D eigenvalue weighted by molar-refractivity contribution is 0.0945. The third-order valence-electron chi connectivity index (χ3n) is 3.03. The number of carbonyl (C=O) groups excluding carboxylic acids is 1. The zero-order valence-electron chi connectivity index (χ0n) is 11.7. The molecule has 0 unspecified atom stereocenters. The quantitative estimate of drug-likeness (QED) is 0.793. The Bertz CT molecular complexity index is 762. The summed E-state index contributed by atoms with van der Waals surface area (Å²) < 4.78 is 0. The van der Waals surface area contributed by atoms with E-state index in [9.17, 15) is 4.79 Å². The van der Waals surface area contributed by atoms with Crippen molar-refractivity contribution in [2.24, 2.45) is 0 Å². The van der Waals surface area contributed by atoms with Crippen LogP contribution in [0, 0.1) is 0 Å². The average molecular weight is 291 g/mol. The van der Waals surface area contributed by atoms with Crippen molar-refractivity contribution >= 4 is 5.91 Å². The van der Waals surface area contributed by atoms with E-state index in [2.05, 4.69) is 25.3 Å². The molecule has 6 heteroatoms. The van der Waals surface area contributed by atoms with Crippen molar-refractivity contribution in [3.05, 3.63) is 72.7 Å². The van der Waals surface area contributed by atoms with Gasteiger partial charge < -0.3 is 5.32 Å². The Hall–Kier alpha value is -3.15. The Morgan fingerprint density at radius 3 is 2.68 bits per heavy atom. The van der Waals surface area contributed by atoms with Gasteiger partial charge in [0.25, 0.3) is 5.91 Å². The lowest BCUT2D eigenvalue weighted by atomic mass is 10.1. The molecule has 22 heavy (non-hydrogen) atoms. The highest BCUT2D eigenvalue weighted by atomic mass is 16.1. The van der Waals surface area contributed by atoms with Gasteiger partial charge in [-0.3, -0.25) is 19.7 Å². The van der Waals surface area contributed by atoms with Gasteiger partial charge in [0, 0.05) is 43.1 Å². The highest BCUT2D eigenvalue weighted by molar-refractivity contribution is 5.91. The molecule has 108 valence electrons. The molecule has 0 aliphatic carbocycles. The van der Waals surface area contributed by atoms with E-state index >= 15 is 0 Å². The van der Waals surface area contributed by atoms with Gasteiger partial charge in [0.1, 0.15) is 5.69 Å². The van der Waals surface area contributed by atoms with Crippen molar-refractivity contribution in [3.8, 4) is 11.3 Å². The lowest BCUT2D eigenvalue weighted by Gasteiger charge is -2.06. The lowest BCUT2D eigenvalue weighted by Crippen LogP contribution is -2.23. The minimum absolute atomic E-state index is 0.257. The van der Waals surface area contributed by atoms with Crippen LogP contribution < -0.4 is 5.32 Å². The van der Waals surface area contributed by atoms with E-state index in [0.717, 1.165) is 16.8 Å². The van der Waals surface area contributed by atoms with E-state index in [1.54, 1.807) is 18.6 Å². The van der Waals surface area contributed by atoms with Crippen LogP contribution in [-0.2, 0) is 6.54 Å². The molecule has 0 spiro atoms. The Balaban J connectivity index is 1.70. The first kappa shape index (κ1) is 13.8. The Labute approximate surface area is 127 Å². The van der Waals surface area contributed by atoms with E-state index in [-0.39, 0.29) is 5.91 Å². The van der Waals surface area contributed by atoms with Crippen molar-refractivity contribution in [3.63, 3.8) is 0 Å². The van der Waals surface area contributed by atoms with E-state index in [4.69, 9.17) is 0 Å². The van der Waals surface area contributed by atoms with Crippen LogP contribution >= 0.6 is 0 Å². The number of amides is 1. The van der Waals surface area contributed by atoms with Crippen LogP contribution in [0.4, 0.5) is 0 Å². The Kier molecular flexibility index (Phi) is 4.10. The predicted molar refractivity (Wildman–Crippen MR) is 80.7 cm³/mol. The number of hydrogen-bond acceptors (Lipinski definition) is 5. The molecule has 0 aliphatic heterocycles. The molecule has 3 rings (SSSR count). The second-order valence-electron chi connectivity index (χ2n) is 4.56. The van der Waals surface area contributed by atoms with Crippen LogP contribution in [0.25, 0.3) is 11.3 Å². The average Bonchev–Trinajstić information content (AvgIpc) is 2.61. The minimum Gasteiger partial charge on any atom is -0.347 e. The second kappa shape index (κ2) is 6.53. The van der Waals surface area contributed by atoms with Crippen molar-refractivity contribution in [2.75, 3.05) is 0 Å². The topological polar surface area (TPSA) is 80.7 Å². The fourth-order valence-electron chi connectivity index (χ4n) is 1.95. The molecule has 1 amide bonds. The highest BCUT2D eigenvalue weighted by Crippen LogP contribution is 2.16. The summed E-state index contributed by atoms with van der Waals surface area (Å²) in [5, 5.41) is 2.81. The molecule has 1 N–H and O–H groups in total. The highest BCUT2D eigenvalue weighted by Gasteiger charge is 2.07. The molecular weight excluding hydrogens is 278 g/mol. The summed E-state index contributed by atoms with van der Waals surface area (Å²) in [6.45, 7) is 0.394. The summed E-state index contributed by atoms with van der Waals surface area (Å²) in [4.78, 5) is 28.2. The summed E-state index contributed by atoms with van der Waals surface area (Å²) in [6.07, 6.45) is 9.63. The zero-order chi connectivity index (χ0) is 15.2. The van der Waals surface area contributed by atoms with E-state index in [1.807, 2.05) is 24.3 Å². The van der Waals surface area contributed by atoms with Crippen molar-refractivity contribution in [1.82, 2.24) is 25.3 Å². The molecule has 0 aliphatic rings. The monoisotopic (exact) mass is 291 g/mol. The van der Waals surface area contributed by atoms with E-state index in [0.29, 0.717) is 12.2 Å². The molecule has 0 atom stereocenters. The smallest absolute Gasteiger partial charge is 0.271 e. The van der Waals surface area contributed by atoms with Gasteiger partial charge in [-0.15, -0.1) is 0 Å². The minimum atomic E-state index is -0.257. The molecule has 0 radical (unpaired) electrons. The number of aromatic nitrogens is 4. The summed E-state index contributed by atoms with van der Waals surface area (Å²) in [5.74, 6) is -0.257. The number of pyridine rings is 2. The molecule has 0 fully saturated rings.